The molecule has 2 aromatic carbocycles. The van der Waals surface area contributed by atoms with Gasteiger partial charge in [0.25, 0.3) is 0 Å². The van der Waals surface area contributed by atoms with Gasteiger partial charge in [-0.3, -0.25) is 4.79 Å². The highest BCUT2D eigenvalue weighted by molar-refractivity contribution is 5.86. The van der Waals surface area contributed by atoms with Crippen molar-refractivity contribution in [2.24, 2.45) is 0 Å². The number of pyridine rings is 1. The molecule has 6 nitrogen and oxygen atoms in total. The number of aromatic nitrogens is 2. The van der Waals surface area contributed by atoms with Crippen LogP contribution in [0.3, 0.4) is 0 Å². The smallest absolute Gasteiger partial charge is 0.416 e. The van der Waals surface area contributed by atoms with Crippen molar-refractivity contribution in [1.29, 1.82) is 0 Å². The van der Waals surface area contributed by atoms with Gasteiger partial charge in [-0.1, -0.05) is 18.2 Å². The van der Waals surface area contributed by atoms with Crippen LogP contribution in [0.4, 0.5) is 13.2 Å². The van der Waals surface area contributed by atoms with E-state index in [0.29, 0.717) is 28.1 Å². The second kappa shape index (κ2) is 8.33. The third-order valence-corrected chi connectivity index (χ3v) is 4.82. The highest BCUT2D eigenvalue weighted by Gasteiger charge is 2.30. The van der Waals surface area contributed by atoms with Crippen molar-refractivity contribution in [3.8, 4) is 17.3 Å². The number of aryl methyl sites for hydroxylation is 1. The molecule has 1 N–H and O–H groups in total. The third-order valence-electron chi connectivity index (χ3n) is 4.82. The summed E-state index contributed by atoms with van der Waals surface area (Å²) < 4.78 is 49.7. The first-order valence-electron chi connectivity index (χ1n) is 9.58. The lowest BCUT2D eigenvalue weighted by molar-refractivity contribution is -0.138. The van der Waals surface area contributed by atoms with Crippen molar-refractivity contribution >= 4 is 16.9 Å². The van der Waals surface area contributed by atoms with Crippen LogP contribution < -0.4 is 4.74 Å². The van der Waals surface area contributed by atoms with Crippen LogP contribution in [0.25, 0.3) is 22.4 Å². The van der Waals surface area contributed by atoms with Gasteiger partial charge in [0.05, 0.1) is 23.2 Å². The summed E-state index contributed by atoms with van der Waals surface area (Å²) in [4.78, 5) is 19.9. The van der Waals surface area contributed by atoms with E-state index in [9.17, 15) is 23.1 Å². The lowest BCUT2D eigenvalue weighted by atomic mass is 10.1. The van der Waals surface area contributed by atoms with E-state index < -0.39 is 17.7 Å². The zero-order chi connectivity index (χ0) is 22.9. The van der Waals surface area contributed by atoms with Crippen LogP contribution >= 0.6 is 0 Å². The van der Waals surface area contributed by atoms with Crippen LogP contribution in [-0.4, -0.2) is 21.0 Å². The Balaban J connectivity index is 1.55. The van der Waals surface area contributed by atoms with Gasteiger partial charge in [-0.2, -0.15) is 13.2 Å². The number of carboxylic acids is 1. The van der Waals surface area contributed by atoms with Crippen molar-refractivity contribution in [3.05, 3.63) is 77.2 Å². The van der Waals surface area contributed by atoms with Gasteiger partial charge in [-0.05, 0) is 42.8 Å². The number of oxazole rings is 1. The number of hydrogen-bond acceptors (Lipinski definition) is 5. The van der Waals surface area contributed by atoms with E-state index in [1.807, 2.05) is 0 Å². The van der Waals surface area contributed by atoms with E-state index in [1.165, 1.54) is 12.1 Å². The number of carboxylic acid groups (broad SMARTS) is 1. The molecule has 4 rings (SSSR count). The lowest BCUT2D eigenvalue weighted by Gasteiger charge is -2.09. The average molecular weight is 442 g/mol. The molecule has 0 bridgehead atoms. The molecule has 0 spiro atoms. The molecule has 9 heteroatoms. The van der Waals surface area contributed by atoms with Crippen LogP contribution in [-0.2, 0) is 24.0 Å². The van der Waals surface area contributed by atoms with Gasteiger partial charge in [-0.15, -0.1) is 0 Å². The molecule has 0 aliphatic carbocycles. The number of fused-ring (bicyclic) bond motifs is 1. The number of rotatable bonds is 6. The zero-order valence-corrected chi connectivity index (χ0v) is 16.8. The highest BCUT2D eigenvalue weighted by atomic mass is 19.4. The first-order chi connectivity index (χ1) is 15.2. The van der Waals surface area contributed by atoms with Crippen LogP contribution in [0, 0.1) is 6.92 Å². The number of hydrogen-bond donors (Lipinski definition) is 1. The summed E-state index contributed by atoms with van der Waals surface area (Å²) in [6.45, 7) is 1.66. The molecule has 0 aliphatic rings. The van der Waals surface area contributed by atoms with Crippen molar-refractivity contribution in [3.63, 3.8) is 0 Å². The second-order valence-electron chi connectivity index (χ2n) is 7.10. The van der Waals surface area contributed by atoms with Crippen LogP contribution in [0.15, 0.2) is 59.0 Å². The van der Waals surface area contributed by atoms with E-state index in [4.69, 9.17) is 9.15 Å². The van der Waals surface area contributed by atoms with Crippen molar-refractivity contribution in [2.75, 3.05) is 0 Å². The molecule has 0 saturated heterocycles. The van der Waals surface area contributed by atoms with E-state index in [-0.39, 0.29) is 24.8 Å². The molecular formula is C23H17F3N2O4. The number of ether oxygens (including phenoxy) is 1. The molecule has 32 heavy (non-hydrogen) atoms. The summed E-state index contributed by atoms with van der Waals surface area (Å²) in [6, 6.07) is 13.2. The lowest BCUT2D eigenvalue weighted by Crippen LogP contribution is -2.04. The summed E-state index contributed by atoms with van der Waals surface area (Å²) in [7, 11) is 0. The SMILES string of the molecule is Cc1nc(-c2ccc(C(F)(F)F)cc2)oc1COc1cc(CC(=O)O)c2ccccc2n1. The van der Waals surface area contributed by atoms with E-state index in [1.54, 1.807) is 37.3 Å². The Morgan fingerprint density at radius 3 is 2.50 bits per heavy atom. The second-order valence-corrected chi connectivity index (χ2v) is 7.10. The largest absolute Gasteiger partial charge is 0.481 e. The van der Waals surface area contributed by atoms with Gasteiger partial charge in [0.1, 0.15) is 6.61 Å². The molecule has 0 aliphatic heterocycles. The molecule has 2 heterocycles. The van der Waals surface area contributed by atoms with Crippen LogP contribution in [0.1, 0.15) is 22.6 Å². The molecule has 0 fully saturated rings. The Morgan fingerprint density at radius 1 is 1.09 bits per heavy atom. The molecule has 0 amide bonds. The Bertz CT molecular complexity index is 1280. The van der Waals surface area contributed by atoms with Crippen LogP contribution in [0.5, 0.6) is 5.88 Å². The molecule has 0 unspecified atom stereocenters. The van der Waals surface area contributed by atoms with Gasteiger partial charge < -0.3 is 14.3 Å². The Kier molecular flexibility index (Phi) is 5.56. The van der Waals surface area contributed by atoms with Gasteiger partial charge >= 0.3 is 12.1 Å². The standard InChI is InChI=1S/C23H17F3N2O4/c1-13-19(32-22(27-13)14-6-8-16(9-7-14)23(24,25)26)12-31-20-10-15(11-21(29)30)17-4-2-3-5-18(17)28-20/h2-10H,11-12H2,1H3,(H,29,30). The van der Waals surface area contributed by atoms with Gasteiger partial charge in [0.15, 0.2) is 5.76 Å². The van der Waals surface area contributed by atoms with Crippen molar-refractivity contribution in [1.82, 2.24) is 9.97 Å². The highest BCUT2D eigenvalue weighted by Crippen LogP contribution is 2.31. The number of nitrogens with zero attached hydrogens (tertiary/aromatic N) is 2. The third kappa shape index (κ3) is 4.56. The maximum Gasteiger partial charge on any atom is 0.416 e. The molecule has 4 aromatic rings. The molecule has 164 valence electrons. The number of alkyl halides is 3. The molecular weight excluding hydrogens is 425 g/mol. The van der Waals surface area contributed by atoms with Crippen molar-refractivity contribution < 1.29 is 32.2 Å². The summed E-state index contributed by atoms with van der Waals surface area (Å²) in [5.41, 5.74) is 1.33. The minimum absolute atomic E-state index is 0.0304. The summed E-state index contributed by atoms with van der Waals surface area (Å²) in [5, 5.41) is 9.91. The predicted octanol–water partition coefficient (Wildman–Crippen LogP) is 5.42. The van der Waals surface area contributed by atoms with Gasteiger partial charge in [-0.25, -0.2) is 9.97 Å². The zero-order valence-electron chi connectivity index (χ0n) is 16.8. The number of halogens is 3. The topological polar surface area (TPSA) is 85.5 Å². The first kappa shape index (κ1) is 21.4. The minimum Gasteiger partial charge on any atom is -0.481 e. The van der Waals surface area contributed by atoms with Gasteiger partial charge in [0, 0.05) is 17.0 Å². The fraction of sp³-hybridized carbons (Fsp3) is 0.174. The maximum absolute atomic E-state index is 12.8. The normalized spacial score (nSPS) is 11.6. The Hall–Kier alpha value is -3.88. The van der Waals surface area contributed by atoms with E-state index >= 15 is 0 Å². The summed E-state index contributed by atoms with van der Waals surface area (Å²) >= 11 is 0. The van der Waals surface area contributed by atoms with Crippen molar-refractivity contribution in [2.45, 2.75) is 26.1 Å². The predicted molar refractivity (Wildman–Crippen MR) is 109 cm³/mol. The molecule has 2 aromatic heterocycles. The monoisotopic (exact) mass is 442 g/mol. The summed E-state index contributed by atoms with van der Waals surface area (Å²) in [6.07, 6.45) is -4.60. The van der Waals surface area contributed by atoms with E-state index in [2.05, 4.69) is 9.97 Å². The van der Waals surface area contributed by atoms with Crippen LogP contribution in [0.2, 0.25) is 0 Å². The molecule has 0 radical (unpaired) electrons. The Labute approximate surface area is 180 Å². The maximum atomic E-state index is 12.8. The Morgan fingerprint density at radius 2 is 1.81 bits per heavy atom. The number of benzene rings is 2. The number of para-hydroxylation sites is 1. The molecule has 0 saturated carbocycles. The fourth-order valence-electron chi connectivity index (χ4n) is 3.23. The fourth-order valence-corrected chi connectivity index (χ4v) is 3.23. The average Bonchev–Trinajstić information content (AvgIpc) is 3.12. The number of aliphatic carboxylic acids is 1. The first-order valence-corrected chi connectivity index (χ1v) is 9.58. The van der Waals surface area contributed by atoms with E-state index in [0.717, 1.165) is 17.5 Å². The molecule has 0 atom stereocenters. The van der Waals surface area contributed by atoms with Gasteiger partial charge in [0.2, 0.25) is 11.8 Å². The summed E-state index contributed by atoms with van der Waals surface area (Å²) in [5.74, 6) is -0.186. The number of carbonyl (C=O) groups is 1. The minimum atomic E-state index is -4.42. The quantitative estimate of drug-likeness (QED) is 0.429.